The van der Waals surface area contributed by atoms with Gasteiger partial charge in [0.25, 0.3) is 0 Å². The molecule has 2 N–H and O–H groups in total. The summed E-state index contributed by atoms with van der Waals surface area (Å²) in [4.78, 5) is 19.9. The molecule has 6 nitrogen and oxygen atoms in total. The maximum atomic E-state index is 11.8. The van der Waals surface area contributed by atoms with Gasteiger partial charge < -0.3 is 14.9 Å². The van der Waals surface area contributed by atoms with Crippen molar-refractivity contribution in [3.8, 4) is 0 Å². The molecule has 114 valence electrons. The minimum atomic E-state index is -0.618. The predicted octanol–water partition coefficient (Wildman–Crippen LogP) is 2.31. The number of aliphatic imine (C=N–C) groups is 1. The largest absolute Gasteiger partial charge is 0.511 e. The number of rotatable bonds is 6. The Labute approximate surface area is 123 Å². The Balaban J connectivity index is 3.02. The number of pyridine rings is 1. The maximum Gasteiger partial charge on any atom is 0.343 e. The van der Waals surface area contributed by atoms with E-state index in [1.807, 2.05) is 0 Å². The summed E-state index contributed by atoms with van der Waals surface area (Å²) in [5, 5.41) is 18.9. The summed E-state index contributed by atoms with van der Waals surface area (Å²) in [5.74, 6) is -0.907. The predicted molar refractivity (Wildman–Crippen MR) is 79.4 cm³/mol. The van der Waals surface area contributed by atoms with Crippen LogP contribution in [0.5, 0.6) is 0 Å². The van der Waals surface area contributed by atoms with Gasteiger partial charge in [-0.3, -0.25) is 9.98 Å². The van der Waals surface area contributed by atoms with E-state index in [4.69, 9.17) is 9.84 Å². The number of aliphatic hydroxyl groups is 2. The number of aliphatic hydroxyl groups excluding tert-OH is 2. The molecule has 1 rings (SSSR count). The van der Waals surface area contributed by atoms with Gasteiger partial charge in [0.15, 0.2) is 0 Å². The normalized spacial score (nSPS) is 12.6. The van der Waals surface area contributed by atoms with Crippen LogP contribution in [0.15, 0.2) is 34.7 Å². The highest BCUT2D eigenvalue weighted by molar-refractivity contribution is 6.10. The second kappa shape index (κ2) is 8.16. The summed E-state index contributed by atoms with van der Waals surface area (Å²) < 4.78 is 4.90. The van der Waals surface area contributed by atoms with E-state index < -0.39 is 5.97 Å². The third kappa shape index (κ3) is 5.00. The van der Waals surface area contributed by atoms with E-state index in [0.29, 0.717) is 11.4 Å². The zero-order valence-corrected chi connectivity index (χ0v) is 12.4. The number of allylic oxidation sites excluding steroid dienone is 1. The highest BCUT2D eigenvalue weighted by atomic mass is 16.5. The van der Waals surface area contributed by atoms with Gasteiger partial charge in [0.2, 0.25) is 0 Å². The van der Waals surface area contributed by atoms with Gasteiger partial charge in [0.1, 0.15) is 11.3 Å². The van der Waals surface area contributed by atoms with Gasteiger partial charge in [-0.25, -0.2) is 4.79 Å². The highest BCUT2D eigenvalue weighted by Crippen LogP contribution is 2.15. The SMILES string of the molecule is CCOC(=O)C(C=Nc1ccc(CO)nc1)=C(O)C(C)C. The standard InChI is InChI=1S/C15H20N2O4/c1-4-21-15(20)13(14(19)10(2)3)8-17-11-5-6-12(9-18)16-7-11/h5-8,10,18-19H,4,9H2,1-3H3. The van der Waals surface area contributed by atoms with Gasteiger partial charge in [-0.1, -0.05) is 13.8 Å². The Morgan fingerprint density at radius 2 is 2.19 bits per heavy atom. The van der Waals surface area contributed by atoms with E-state index in [-0.39, 0.29) is 30.5 Å². The Kier molecular flexibility index (Phi) is 6.55. The van der Waals surface area contributed by atoms with E-state index in [1.165, 1.54) is 12.4 Å². The summed E-state index contributed by atoms with van der Waals surface area (Å²) >= 11 is 0. The molecule has 0 aromatic carbocycles. The molecule has 0 bridgehead atoms. The number of hydrogen-bond acceptors (Lipinski definition) is 6. The van der Waals surface area contributed by atoms with Crippen molar-refractivity contribution in [3.63, 3.8) is 0 Å². The van der Waals surface area contributed by atoms with Crippen molar-refractivity contribution >= 4 is 17.9 Å². The van der Waals surface area contributed by atoms with E-state index in [9.17, 15) is 9.90 Å². The molecule has 0 unspecified atom stereocenters. The molecule has 0 aliphatic heterocycles. The number of carbonyl (C=O) groups is 1. The van der Waals surface area contributed by atoms with Gasteiger partial charge in [-0.2, -0.15) is 0 Å². The minimum Gasteiger partial charge on any atom is -0.511 e. The molecule has 0 saturated heterocycles. The van der Waals surface area contributed by atoms with Crippen molar-refractivity contribution in [1.82, 2.24) is 4.98 Å². The van der Waals surface area contributed by atoms with Crippen LogP contribution in [0, 0.1) is 5.92 Å². The molecule has 1 heterocycles. The first-order valence-electron chi connectivity index (χ1n) is 6.69. The van der Waals surface area contributed by atoms with Crippen LogP contribution in [-0.2, 0) is 16.1 Å². The first-order valence-corrected chi connectivity index (χ1v) is 6.69. The number of ether oxygens (including phenoxy) is 1. The van der Waals surface area contributed by atoms with Crippen LogP contribution in [-0.4, -0.2) is 34.0 Å². The Morgan fingerprint density at radius 3 is 2.67 bits per heavy atom. The lowest BCUT2D eigenvalue weighted by atomic mass is 10.1. The van der Waals surface area contributed by atoms with Crippen LogP contribution in [0.1, 0.15) is 26.5 Å². The quantitative estimate of drug-likeness (QED) is 0.363. The number of nitrogens with zero attached hydrogens (tertiary/aromatic N) is 2. The van der Waals surface area contributed by atoms with Crippen LogP contribution in [0.2, 0.25) is 0 Å². The number of esters is 1. The van der Waals surface area contributed by atoms with Gasteiger partial charge in [0, 0.05) is 12.1 Å². The van der Waals surface area contributed by atoms with Crippen LogP contribution in [0.25, 0.3) is 0 Å². The molecule has 0 amide bonds. The van der Waals surface area contributed by atoms with Gasteiger partial charge >= 0.3 is 5.97 Å². The summed E-state index contributed by atoms with van der Waals surface area (Å²) in [6.07, 6.45) is 2.74. The lowest BCUT2D eigenvalue weighted by Gasteiger charge is -2.08. The molecule has 0 spiro atoms. The molecule has 0 aliphatic rings. The summed E-state index contributed by atoms with van der Waals surface area (Å²) in [6, 6.07) is 3.28. The molecule has 0 aliphatic carbocycles. The van der Waals surface area contributed by atoms with Gasteiger partial charge in [-0.15, -0.1) is 0 Å². The van der Waals surface area contributed by atoms with Crippen LogP contribution >= 0.6 is 0 Å². The monoisotopic (exact) mass is 292 g/mol. The van der Waals surface area contributed by atoms with Crippen molar-refractivity contribution < 1.29 is 19.7 Å². The average Bonchev–Trinajstić information content (AvgIpc) is 2.48. The van der Waals surface area contributed by atoms with Crippen molar-refractivity contribution in [2.45, 2.75) is 27.4 Å². The molecular weight excluding hydrogens is 272 g/mol. The number of carbonyl (C=O) groups excluding carboxylic acids is 1. The second-order valence-electron chi connectivity index (χ2n) is 4.60. The molecule has 21 heavy (non-hydrogen) atoms. The zero-order chi connectivity index (χ0) is 15.8. The highest BCUT2D eigenvalue weighted by Gasteiger charge is 2.16. The fourth-order valence-corrected chi connectivity index (χ4v) is 1.47. The summed E-state index contributed by atoms with van der Waals surface area (Å²) in [7, 11) is 0. The second-order valence-corrected chi connectivity index (χ2v) is 4.60. The average molecular weight is 292 g/mol. The van der Waals surface area contributed by atoms with Crippen molar-refractivity contribution in [1.29, 1.82) is 0 Å². The number of hydrogen-bond donors (Lipinski definition) is 2. The van der Waals surface area contributed by atoms with Crippen LogP contribution < -0.4 is 0 Å². The molecule has 6 heteroatoms. The molecule has 0 atom stereocenters. The zero-order valence-electron chi connectivity index (χ0n) is 12.4. The van der Waals surface area contributed by atoms with Crippen LogP contribution in [0.4, 0.5) is 5.69 Å². The number of aromatic nitrogens is 1. The first-order chi connectivity index (χ1) is 9.99. The summed E-state index contributed by atoms with van der Waals surface area (Å²) in [6.45, 7) is 5.29. The van der Waals surface area contributed by atoms with E-state index in [1.54, 1.807) is 32.9 Å². The molecule has 0 saturated carbocycles. The summed E-state index contributed by atoms with van der Waals surface area (Å²) in [5.41, 5.74) is 1.06. The minimum absolute atomic E-state index is 0.0260. The molecule has 0 fully saturated rings. The Hall–Kier alpha value is -2.21. The lowest BCUT2D eigenvalue weighted by molar-refractivity contribution is -0.138. The molecule has 1 aromatic heterocycles. The fraction of sp³-hybridized carbons (Fsp3) is 0.400. The van der Waals surface area contributed by atoms with Crippen LogP contribution in [0.3, 0.4) is 0 Å². The van der Waals surface area contributed by atoms with E-state index in [0.717, 1.165) is 0 Å². The maximum absolute atomic E-state index is 11.8. The van der Waals surface area contributed by atoms with Crippen molar-refractivity contribution in [2.24, 2.45) is 10.9 Å². The van der Waals surface area contributed by atoms with E-state index >= 15 is 0 Å². The molecular formula is C15H20N2O4. The van der Waals surface area contributed by atoms with Crippen molar-refractivity contribution in [3.05, 3.63) is 35.4 Å². The smallest absolute Gasteiger partial charge is 0.343 e. The Bertz CT molecular complexity index is 533. The van der Waals surface area contributed by atoms with Gasteiger partial charge in [0.05, 0.1) is 30.8 Å². The van der Waals surface area contributed by atoms with Crippen molar-refractivity contribution in [2.75, 3.05) is 6.61 Å². The van der Waals surface area contributed by atoms with E-state index in [2.05, 4.69) is 9.98 Å². The first kappa shape index (κ1) is 16.8. The molecule has 1 aromatic rings. The lowest BCUT2D eigenvalue weighted by Crippen LogP contribution is -2.13. The molecule has 0 radical (unpaired) electrons. The topological polar surface area (TPSA) is 92.0 Å². The third-order valence-electron chi connectivity index (χ3n) is 2.63. The third-order valence-corrected chi connectivity index (χ3v) is 2.63. The Morgan fingerprint density at radius 1 is 1.48 bits per heavy atom. The van der Waals surface area contributed by atoms with Gasteiger partial charge in [-0.05, 0) is 19.1 Å². The fourth-order valence-electron chi connectivity index (χ4n) is 1.47.